The van der Waals surface area contributed by atoms with Gasteiger partial charge in [0.05, 0.1) is 0 Å². The van der Waals surface area contributed by atoms with E-state index in [1.807, 2.05) is 48.5 Å². The number of amides is 1. The molecule has 0 spiro atoms. The first-order valence-corrected chi connectivity index (χ1v) is 7.13. The van der Waals surface area contributed by atoms with Gasteiger partial charge in [0.15, 0.2) is 0 Å². The number of rotatable bonds is 2. The Morgan fingerprint density at radius 2 is 1.29 bits per heavy atom. The molecule has 1 N–H and O–H groups in total. The lowest BCUT2D eigenvalue weighted by Crippen LogP contribution is -2.11. The summed E-state index contributed by atoms with van der Waals surface area (Å²) >= 11 is 4.45. The van der Waals surface area contributed by atoms with E-state index in [9.17, 15) is 4.79 Å². The molecule has 0 saturated carbocycles. The highest BCUT2D eigenvalue weighted by molar-refractivity contribution is 14.1. The fourth-order valence-corrected chi connectivity index (χ4v) is 2.06. The molecule has 0 atom stereocenters. The van der Waals surface area contributed by atoms with Crippen LogP contribution >= 0.6 is 45.2 Å². The van der Waals surface area contributed by atoms with Crippen molar-refractivity contribution in [1.29, 1.82) is 0 Å². The molecule has 2 rings (SSSR count). The highest BCUT2D eigenvalue weighted by Crippen LogP contribution is 2.13. The zero-order chi connectivity index (χ0) is 12.3. The third kappa shape index (κ3) is 3.67. The van der Waals surface area contributed by atoms with Crippen LogP contribution in [0.2, 0.25) is 0 Å². The van der Waals surface area contributed by atoms with Crippen LogP contribution in [0.4, 0.5) is 5.69 Å². The summed E-state index contributed by atoms with van der Waals surface area (Å²) in [5.41, 5.74) is 1.48. The molecule has 4 heteroatoms. The fourth-order valence-electron chi connectivity index (χ4n) is 1.34. The minimum atomic E-state index is -0.0809. The van der Waals surface area contributed by atoms with Gasteiger partial charge in [-0.05, 0) is 93.7 Å². The Balaban J connectivity index is 2.11. The zero-order valence-electron chi connectivity index (χ0n) is 8.78. The molecule has 0 aliphatic heterocycles. The molecule has 17 heavy (non-hydrogen) atoms. The smallest absolute Gasteiger partial charge is 0.255 e. The Morgan fingerprint density at radius 3 is 1.82 bits per heavy atom. The van der Waals surface area contributed by atoms with E-state index >= 15 is 0 Å². The van der Waals surface area contributed by atoms with E-state index < -0.39 is 0 Å². The first-order chi connectivity index (χ1) is 8.15. The lowest BCUT2D eigenvalue weighted by atomic mass is 10.2. The molecule has 1 amide bonds. The van der Waals surface area contributed by atoms with Crippen LogP contribution < -0.4 is 5.32 Å². The Kier molecular flexibility index (Phi) is 4.38. The van der Waals surface area contributed by atoms with Gasteiger partial charge in [0.25, 0.3) is 5.91 Å². The van der Waals surface area contributed by atoms with Gasteiger partial charge in [-0.3, -0.25) is 4.79 Å². The second kappa shape index (κ2) is 5.81. The summed E-state index contributed by atoms with van der Waals surface area (Å²) in [6.07, 6.45) is 0. The van der Waals surface area contributed by atoms with Gasteiger partial charge in [-0.15, -0.1) is 0 Å². The lowest BCUT2D eigenvalue weighted by molar-refractivity contribution is 0.102. The van der Waals surface area contributed by atoms with Gasteiger partial charge in [-0.25, -0.2) is 0 Å². The van der Waals surface area contributed by atoms with Gasteiger partial charge in [0, 0.05) is 18.4 Å². The van der Waals surface area contributed by atoms with Crippen LogP contribution in [0.25, 0.3) is 0 Å². The normalized spacial score (nSPS) is 10.0. The van der Waals surface area contributed by atoms with E-state index in [4.69, 9.17) is 0 Å². The fraction of sp³-hybridized carbons (Fsp3) is 0. The molecule has 0 unspecified atom stereocenters. The quantitative estimate of drug-likeness (QED) is 0.687. The van der Waals surface area contributed by atoms with E-state index in [0.717, 1.165) is 12.8 Å². The van der Waals surface area contributed by atoms with Crippen molar-refractivity contribution in [2.75, 3.05) is 5.32 Å². The summed E-state index contributed by atoms with van der Waals surface area (Å²) in [5, 5.41) is 2.86. The number of carbonyl (C=O) groups is 1. The average Bonchev–Trinajstić information content (AvgIpc) is 2.33. The molecule has 0 bridgehead atoms. The molecule has 0 fully saturated rings. The summed E-state index contributed by atoms with van der Waals surface area (Å²) in [7, 11) is 0. The maximum atomic E-state index is 11.9. The Bertz CT molecular complexity index is 520. The van der Waals surface area contributed by atoms with Crippen molar-refractivity contribution in [3.05, 3.63) is 61.2 Å². The number of carbonyl (C=O) groups excluding carboxylic acids is 1. The molecule has 0 heterocycles. The van der Waals surface area contributed by atoms with Crippen molar-refractivity contribution in [1.82, 2.24) is 0 Å². The van der Waals surface area contributed by atoms with Gasteiger partial charge < -0.3 is 5.32 Å². The van der Waals surface area contributed by atoms with Crippen molar-refractivity contribution in [3.63, 3.8) is 0 Å². The van der Waals surface area contributed by atoms with E-state index in [-0.39, 0.29) is 5.91 Å². The molecule has 0 aromatic heterocycles. The number of halogens is 2. The van der Waals surface area contributed by atoms with Gasteiger partial charge >= 0.3 is 0 Å². The van der Waals surface area contributed by atoms with Crippen molar-refractivity contribution in [3.8, 4) is 0 Å². The summed E-state index contributed by atoms with van der Waals surface area (Å²) in [4.78, 5) is 11.9. The number of hydrogen-bond donors (Lipinski definition) is 1. The number of hydrogen-bond acceptors (Lipinski definition) is 1. The van der Waals surface area contributed by atoms with Crippen LogP contribution in [0, 0.1) is 7.14 Å². The minimum absolute atomic E-state index is 0.0809. The van der Waals surface area contributed by atoms with Crippen molar-refractivity contribution >= 4 is 56.8 Å². The molecule has 0 radical (unpaired) electrons. The second-order valence-electron chi connectivity index (χ2n) is 3.47. The summed E-state index contributed by atoms with van der Waals surface area (Å²) in [6.45, 7) is 0. The van der Waals surface area contributed by atoms with Crippen molar-refractivity contribution in [2.45, 2.75) is 0 Å². The Labute approximate surface area is 127 Å². The van der Waals surface area contributed by atoms with Crippen LogP contribution in [0.5, 0.6) is 0 Å². The number of anilines is 1. The predicted molar refractivity (Wildman–Crippen MR) is 86.3 cm³/mol. The lowest BCUT2D eigenvalue weighted by Gasteiger charge is -2.05. The van der Waals surface area contributed by atoms with Crippen LogP contribution in [-0.4, -0.2) is 5.91 Å². The Hall–Kier alpha value is -0.630. The third-order valence-electron chi connectivity index (χ3n) is 2.21. The van der Waals surface area contributed by atoms with Crippen molar-refractivity contribution in [2.24, 2.45) is 0 Å². The predicted octanol–water partition coefficient (Wildman–Crippen LogP) is 4.15. The van der Waals surface area contributed by atoms with Crippen LogP contribution in [0.3, 0.4) is 0 Å². The minimum Gasteiger partial charge on any atom is -0.322 e. The van der Waals surface area contributed by atoms with Crippen molar-refractivity contribution < 1.29 is 4.79 Å². The first-order valence-electron chi connectivity index (χ1n) is 4.97. The molecular weight excluding hydrogens is 440 g/mol. The zero-order valence-corrected chi connectivity index (χ0v) is 13.1. The number of benzene rings is 2. The molecule has 0 aliphatic carbocycles. The standard InChI is InChI=1S/C13H9I2NO/c14-10-3-1-9(2-4-10)13(17)16-12-7-5-11(15)6-8-12/h1-8H,(H,16,17). The molecule has 2 aromatic carbocycles. The molecule has 2 nitrogen and oxygen atoms in total. The average molecular weight is 449 g/mol. The molecule has 0 saturated heterocycles. The largest absolute Gasteiger partial charge is 0.322 e. The van der Waals surface area contributed by atoms with Crippen LogP contribution in [0.1, 0.15) is 10.4 Å². The van der Waals surface area contributed by atoms with E-state index in [1.54, 1.807) is 0 Å². The van der Waals surface area contributed by atoms with Crippen LogP contribution in [-0.2, 0) is 0 Å². The molecular formula is C13H9I2NO. The van der Waals surface area contributed by atoms with Gasteiger partial charge in [0.1, 0.15) is 0 Å². The summed E-state index contributed by atoms with van der Waals surface area (Å²) in [6, 6.07) is 15.2. The topological polar surface area (TPSA) is 29.1 Å². The monoisotopic (exact) mass is 449 g/mol. The highest BCUT2D eigenvalue weighted by atomic mass is 127. The summed E-state index contributed by atoms with van der Waals surface area (Å²) in [5.74, 6) is -0.0809. The van der Waals surface area contributed by atoms with E-state index in [0.29, 0.717) is 5.56 Å². The SMILES string of the molecule is O=C(Nc1ccc(I)cc1)c1ccc(I)cc1. The summed E-state index contributed by atoms with van der Waals surface area (Å²) < 4.78 is 2.27. The van der Waals surface area contributed by atoms with E-state index in [1.165, 1.54) is 0 Å². The maximum absolute atomic E-state index is 11.9. The Morgan fingerprint density at radius 1 is 0.824 bits per heavy atom. The maximum Gasteiger partial charge on any atom is 0.255 e. The third-order valence-corrected chi connectivity index (χ3v) is 3.65. The van der Waals surface area contributed by atoms with E-state index in [2.05, 4.69) is 50.5 Å². The van der Waals surface area contributed by atoms with Crippen LogP contribution in [0.15, 0.2) is 48.5 Å². The molecule has 0 aliphatic rings. The van der Waals surface area contributed by atoms with Gasteiger partial charge in [-0.1, -0.05) is 0 Å². The highest BCUT2D eigenvalue weighted by Gasteiger charge is 2.05. The number of nitrogens with one attached hydrogen (secondary N) is 1. The molecule has 2 aromatic rings. The molecule has 86 valence electrons. The van der Waals surface area contributed by atoms with Gasteiger partial charge in [0.2, 0.25) is 0 Å². The second-order valence-corrected chi connectivity index (χ2v) is 5.96. The van der Waals surface area contributed by atoms with Gasteiger partial charge in [-0.2, -0.15) is 0 Å². The first kappa shape index (κ1) is 12.8.